The minimum atomic E-state index is -3.83. The van der Waals surface area contributed by atoms with Crippen LogP contribution in [0.25, 0.3) is 0 Å². The first kappa shape index (κ1) is 19.9. The number of aryl methyl sites for hydroxylation is 2. The number of rotatable bonds is 8. The van der Waals surface area contributed by atoms with Crippen molar-refractivity contribution in [2.24, 2.45) is 0 Å². The summed E-state index contributed by atoms with van der Waals surface area (Å²) in [6, 6.07) is 7.53. The first-order valence-electron chi connectivity index (χ1n) is 8.04. The molecule has 0 saturated heterocycles. The molecule has 0 aliphatic heterocycles. The lowest BCUT2D eigenvalue weighted by Gasteiger charge is -2.16. The second-order valence-corrected chi connectivity index (χ2v) is 7.84. The first-order chi connectivity index (χ1) is 12.3. The Kier molecular flexibility index (Phi) is 6.38. The normalized spacial score (nSPS) is 11.6. The maximum atomic E-state index is 12.6. The fourth-order valence-corrected chi connectivity index (χ4v) is 3.89. The molecule has 9 heteroatoms. The molecule has 0 bridgehead atoms. The molecule has 26 heavy (non-hydrogen) atoms. The van der Waals surface area contributed by atoms with E-state index in [1.165, 1.54) is 14.0 Å². The summed E-state index contributed by atoms with van der Waals surface area (Å²) in [7, 11) is -0.884. The highest BCUT2D eigenvalue weighted by Gasteiger charge is 2.29. The number of hydrogen-bond acceptors (Lipinski definition) is 6. The van der Waals surface area contributed by atoms with E-state index in [-0.39, 0.29) is 28.8 Å². The molecule has 1 aromatic carbocycles. The predicted molar refractivity (Wildman–Crippen MR) is 95.5 cm³/mol. The second kappa shape index (κ2) is 8.33. The Balaban J connectivity index is 1.88. The Labute approximate surface area is 153 Å². The van der Waals surface area contributed by atoms with Crippen LogP contribution in [-0.4, -0.2) is 51.0 Å². The molecule has 0 radical (unpaired) electrons. The van der Waals surface area contributed by atoms with Gasteiger partial charge < -0.3 is 14.6 Å². The monoisotopic (exact) mass is 381 g/mol. The van der Waals surface area contributed by atoms with E-state index >= 15 is 0 Å². The summed E-state index contributed by atoms with van der Waals surface area (Å²) in [5, 5.41) is 6.37. The first-order valence-corrected chi connectivity index (χ1v) is 9.48. The van der Waals surface area contributed by atoms with Gasteiger partial charge in [-0.1, -0.05) is 17.3 Å². The van der Waals surface area contributed by atoms with E-state index in [0.717, 1.165) is 15.6 Å². The lowest BCUT2D eigenvalue weighted by atomic mass is 10.1. The van der Waals surface area contributed by atoms with Crippen molar-refractivity contribution >= 4 is 15.9 Å². The minimum Gasteiger partial charge on any atom is -0.497 e. The molecule has 0 saturated carbocycles. The number of sulfonamides is 1. The van der Waals surface area contributed by atoms with E-state index in [1.807, 2.05) is 24.3 Å². The van der Waals surface area contributed by atoms with E-state index in [9.17, 15) is 13.2 Å². The van der Waals surface area contributed by atoms with Crippen LogP contribution >= 0.6 is 0 Å². The lowest BCUT2D eigenvalue weighted by molar-refractivity contribution is -0.121. The lowest BCUT2D eigenvalue weighted by Crippen LogP contribution is -2.39. The van der Waals surface area contributed by atoms with Gasteiger partial charge in [-0.15, -0.1) is 0 Å². The molecular formula is C17H23N3O5S. The molecule has 1 N–H and O–H groups in total. The fraction of sp³-hybridized carbons (Fsp3) is 0.412. The van der Waals surface area contributed by atoms with Gasteiger partial charge in [0.15, 0.2) is 5.76 Å². The van der Waals surface area contributed by atoms with Gasteiger partial charge in [-0.25, -0.2) is 8.42 Å². The molecule has 1 aromatic heterocycles. The third kappa shape index (κ3) is 4.61. The number of methoxy groups -OCH3 is 1. The molecule has 0 atom stereocenters. The van der Waals surface area contributed by atoms with Crippen LogP contribution < -0.4 is 10.1 Å². The molecule has 1 heterocycles. The van der Waals surface area contributed by atoms with Crippen LogP contribution in [0.5, 0.6) is 5.75 Å². The Morgan fingerprint density at radius 3 is 2.46 bits per heavy atom. The molecule has 0 unspecified atom stereocenters. The van der Waals surface area contributed by atoms with Crippen molar-refractivity contribution in [2.75, 3.05) is 27.2 Å². The van der Waals surface area contributed by atoms with Crippen molar-refractivity contribution in [3.8, 4) is 5.75 Å². The SMILES string of the molecule is COc1ccc(CCNC(=O)CN(C)S(=O)(=O)c2c(C)noc2C)cc1. The number of carbonyl (C=O) groups is 1. The zero-order valence-corrected chi connectivity index (χ0v) is 16.1. The van der Waals surface area contributed by atoms with Crippen molar-refractivity contribution in [2.45, 2.75) is 25.2 Å². The van der Waals surface area contributed by atoms with Crippen molar-refractivity contribution in [1.29, 1.82) is 0 Å². The van der Waals surface area contributed by atoms with Crippen molar-refractivity contribution in [1.82, 2.24) is 14.8 Å². The number of amides is 1. The molecule has 1 amide bonds. The van der Waals surface area contributed by atoms with E-state index in [2.05, 4.69) is 10.5 Å². The van der Waals surface area contributed by atoms with Crippen LogP contribution in [-0.2, 0) is 21.2 Å². The third-order valence-corrected chi connectivity index (χ3v) is 5.95. The molecule has 0 fully saturated rings. The van der Waals surface area contributed by atoms with Crippen molar-refractivity contribution in [3.05, 3.63) is 41.3 Å². The highest BCUT2D eigenvalue weighted by molar-refractivity contribution is 7.89. The van der Waals surface area contributed by atoms with E-state index in [4.69, 9.17) is 9.26 Å². The zero-order chi connectivity index (χ0) is 19.3. The van der Waals surface area contributed by atoms with Crippen LogP contribution in [0.15, 0.2) is 33.7 Å². The molecule has 0 spiro atoms. The number of nitrogens with one attached hydrogen (secondary N) is 1. The molecule has 2 rings (SSSR count). The zero-order valence-electron chi connectivity index (χ0n) is 15.3. The van der Waals surface area contributed by atoms with Gasteiger partial charge in [0.25, 0.3) is 0 Å². The summed E-state index contributed by atoms with van der Waals surface area (Å²) in [4.78, 5) is 12.1. The van der Waals surface area contributed by atoms with Crippen LogP contribution in [0.1, 0.15) is 17.0 Å². The molecule has 2 aromatic rings. The third-order valence-electron chi connectivity index (χ3n) is 3.90. The number of carbonyl (C=O) groups excluding carboxylic acids is 1. The molecular weight excluding hydrogens is 358 g/mol. The van der Waals surface area contributed by atoms with Gasteiger partial charge in [-0.2, -0.15) is 4.31 Å². The Bertz CT molecular complexity index is 840. The number of aromatic nitrogens is 1. The maximum Gasteiger partial charge on any atom is 0.248 e. The Hall–Kier alpha value is -2.39. The van der Waals surface area contributed by atoms with Gasteiger partial charge >= 0.3 is 0 Å². The standard InChI is InChI=1S/C17H23N3O5S/c1-12-17(13(2)25-19-12)26(22,23)20(3)11-16(21)18-10-9-14-5-7-15(24-4)8-6-14/h5-8H,9-11H2,1-4H3,(H,18,21). The summed E-state index contributed by atoms with van der Waals surface area (Å²) in [6.45, 7) is 3.20. The summed E-state index contributed by atoms with van der Waals surface area (Å²) in [5.41, 5.74) is 1.32. The fourth-order valence-electron chi connectivity index (χ4n) is 2.48. The Morgan fingerprint density at radius 2 is 1.92 bits per heavy atom. The summed E-state index contributed by atoms with van der Waals surface area (Å²) < 4.78 is 36.1. The number of hydrogen-bond donors (Lipinski definition) is 1. The van der Waals surface area contributed by atoms with Gasteiger partial charge in [0.05, 0.1) is 13.7 Å². The van der Waals surface area contributed by atoms with Crippen LogP contribution in [0.3, 0.4) is 0 Å². The van der Waals surface area contributed by atoms with Gasteiger partial charge in [0, 0.05) is 13.6 Å². The van der Waals surface area contributed by atoms with E-state index < -0.39 is 10.0 Å². The van der Waals surface area contributed by atoms with E-state index in [0.29, 0.717) is 13.0 Å². The predicted octanol–water partition coefficient (Wildman–Crippen LogP) is 1.28. The highest BCUT2D eigenvalue weighted by Crippen LogP contribution is 2.22. The average Bonchev–Trinajstić information content (AvgIpc) is 2.94. The summed E-state index contributed by atoms with van der Waals surface area (Å²) >= 11 is 0. The van der Waals surface area contributed by atoms with Gasteiger partial charge in [0.2, 0.25) is 15.9 Å². The van der Waals surface area contributed by atoms with Crippen LogP contribution in [0.2, 0.25) is 0 Å². The molecule has 0 aliphatic rings. The summed E-state index contributed by atoms with van der Waals surface area (Å²) in [5.74, 6) is 0.592. The minimum absolute atomic E-state index is 0.00559. The summed E-state index contributed by atoms with van der Waals surface area (Å²) in [6.07, 6.45) is 0.635. The molecule has 0 aliphatic carbocycles. The van der Waals surface area contributed by atoms with Gasteiger partial charge in [-0.05, 0) is 38.0 Å². The maximum absolute atomic E-state index is 12.6. The van der Waals surface area contributed by atoms with Crippen molar-refractivity contribution in [3.63, 3.8) is 0 Å². The largest absolute Gasteiger partial charge is 0.497 e. The smallest absolute Gasteiger partial charge is 0.248 e. The quantitative estimate of drug-likeness (QED) is 0.739. The average molecular weight is 381 g/mol. The number of likely N-dealkylation sites (N-methyl/N-ethyl adjacent to an activating group) is 1. The van der Waals surface area contributed by atoms with Crippen LogP contribution in [0.4, 0.5) is 0 Å². The number of benzene rings is 1. The number of nitrogens with zero attached hydrogens (tertiary/aromatic N) is 2. The molecule has 8 nitrogen and oxygen atoms in total. The Morgan fingerprint density at radius 1 is 1.27 bits per heavy atom. The topological polar surface area (TPSA) is 102 Å². The van der Waals surface area contributed by atoms with Crippen LogP contribution in [0, 0.1) is 13.8 Å². The van der Waals surface area contributed by atoms with Gasteiger partial charge in [-0.3, -0.25) is 4.79 Å². The second-order valence-electron chi connectivity index (χ2n) is 5.86. The highest BCUT2D eigenvalue weighted by atomic mass is 32.2. The van der Waals surface area contributed by atoms with Gasteiger partial charge in [0.1, 0.15) is 16.3 Å². The molecule has 142 valence electrons. The van der Waals surface area contributed by atoms with Crippen molar-refractivity contribution < 1.29 is 22.5 Å². The van der Waals surface area contributed by atoms with E-state index in [1.54, 1.807) is 14.0 Å². The number of ether oxygens (including phenoxy) is 1.